The molecule has 0 saturated carbocycles. The molecule has 0 aliphatic carbocycles. The highest BCUT2D eigenvalue weighted by molar-refractivity contribution is 7.89. The Morgan fingerprint density at radius 1 is 0.545 bits per heavy atom. The van der Waals surface area contributed by atoms with Crippen molar-refractivity contribution < 1.29 is 8.42 Å². The highest BCUT2D eigenvalue weighted by Gasteiger charge is 2.08. The van der Waals surface area contributed by atoms with Crippen LogP contribution < -0.4 is 26.4 Å². The molecule has 0 spiro atoms. The molecule has 0 amide bonds. The molecule has 12 heteroatoms. The average molecular weight is 582 g/mol. The molecule has 0 aliphatic rings. The summed E-state index contributed by atoms with van der Waals surface area (Å²) in [7, 11) is -3.09. The first-order chi connectivity index (χ1) is 14.1. The van der Waals surface area contributed by atoms with Crippen molar-refractivity contribution in [3.05, 3.63) is 0 Å². The van der Waals surface area contributed by atoms with Gasteiger partial charge in [0.05, 0.1) is 5.75 Å². The van der Waals surface area contributed by atoms with Crippen molar-refractivity contribution in [1.82, 2.24) is 20.7 Å². The van der Waals surface area contributed by atoms with Gasteiger partial charge in [-0.2, -0.15) is 0 Å². The predicted molar refractivity (Wildman–Crippen MR) is 155 cm³/mol. The summed E-state index contributed by atoms with van der Waals surface area (Å²) in [5.41, 5.74) is 5.45. The van der Waals surface area contributed by atoms with E-state index in [2.05, 4.69) is 27.6 Å². The van der Waals surface area contributed by atoms with Gasteiger partial charge in [0, 0.05) is 6.54 Å². The molecule has 0 aromatic heterocycles. The molecule has 0 aromatic rings. The van der Waals surface area contributed by atoms with E-state index >= 15 is 0 Å². The zero-order valence-electron chi connectivity index (χ0n) is 20.6. The standard InChI is InChI=1S/C21H49N5O2S.4ClH/c1-2-3-4-5-6-9-21-29(27,28)26-20-12-19-25-18-11-17-24-15-8-7-14-23-16-10-13-22;;;;/h23-26H,2-22H2,1H3;4*1H. The van der Waals surface area contributed by atoms with Crippen LogP contribution in [0.3, 0.4) is 0 Å². The number of hydrogen-bond donors (Lipinski definition) is 5. The van der Waals surface area contributed by atoms with Crippen LogP contribution in [-0.4, -0.2) is 66.5 Å². The van der Waals surface area contributed by atoms with E-state index in [1.54, 1.807) is 0 Å². The van der Waals surface area contributed by atoms with E-state index in [4.69, 9.17) is 5.73 Å². The van der Waals surface area contributed by atoms with Gasteiger partial charge in [-0.1, -0.05) is 39.0 Å². The van der Waals surface area contributed by atoms with E-state index in [-0.39, 0.29) is 55.4 Å². The zero-order valence-corrected chi connectivity index (χ0v) is 24.7. The van der Waals surface area contributed by atoms with Crippen LogP contribution in [0.15, 0.2) is 0 Å². The number of halogens is 4. The molecule has 0 fully saturated rings. The van der Waals surface area contributed by atoms with Gasteiger partial charge in [-0.05, 0) is 84.3 Å². The maximum atomic E-state index is 11.9. The third kappa shape index (κ3) is 37.6. The number of nitrogens with one attached hydrogen (secondary N) is 4. The van der Waals surface area contributed by atoms with Crippen LogP contribution in [0, 0.1) is 0 Å². The summed E-state index contributed by atoms with van der Waals surface area (Å²) >= 11 is 0. The smallest absolute Gasteiger partial charge is 0.211 e. The Balaban J connectivity index is -0.000000653. The van der Waals surface area contributed by atoms with Crippen molar-refractivity contribution in [1.29, 1.82) is 0 Å². The van der Waals surface area contributed by atoms with Gasteiger partial charge in [0.15, 0.2) is 0 Å². The van der Waals surface area contributed by atoms with Gasteiger partial charge in [0.1, 0.15) is 0 Å². The van der Waals surface area contributed by atoms with Crippen LogP contribution in [0.1, 0.15) is 77.6 Å². The SMILES string of the molecule is CCCCCCCCS(=O)(=O)NCCCNCCCNCCCCNCCCN.Cl.Cl.Cl.Cl. The van der Waals surface area contributed by atoms with Crippen LogP contribution in [0.25, 0.3) is 0 Å². The van der Waals surface area contributed by atoms with Gasteiger partial charge in [0.2, 0.25) is 10.0 Å². The van der Waals surface area contributed by atoms with Crippen LogP contribution in [0.5, 0.6) is 0 Å². The van der Waals surface area contributed by atoms with E-state index in [1.165, 1.54) is 32.1 Å². The van der Waals surface area contributed by atoms with Crippen molar-refractivity contribution >= 4 is 59.7 Å². The second kappa shape index (κ2) is 35.1. The van der Waals surface area contributed by atoms with Gasteiger partial charge in [-0.15, -0.1) is 49.6 Å². The van der Waals surface area contributed by atoms with Gasteiger partial charge in [-0.3, -0.25) is 0 Å². The normalized spacial score (nSPS) is 10.5. The first-order valence-corrected chi connectivity index (χ1v) is 13.6. The molecule has 0 aliphatic heterocycles. The van der Waals surface area contributed by atoms with Crippen molar-refractivity contribution in [3.8, 4) is 0 Å². The molecule has 33 heavy (non-hydrogen) atoms. The quantitative estimate of drug-likeness (QED) is 0.112. The fraction of sp³-hybridized carbons (Fsp3) is 1.00. The molecule has 0 aromatic carbocycles. The van der Waals surface area contributed by atoms with Gasteiger partial charge < -0.3 is 21.7 Å². The molecular weight excluding hydrogens is 528 g/mol. The minimum atomic E-state index is -3.09. The Morgan fingerprint density at radius 3 is 1.48 bits per heavy atom. The van der Waals surface area contributed by atoms with Crippen molar-refractivity contribution in [3.63, 3.8) is 0 Å². The number of sulfonamides is 1. The first-order valence-electron chi connectivity index (χ1n) is 11.9. The van der Waals surface area contributed by atoms with E-state index in [1.807, 2.05) is 0 Å². The Bertz CT molecular complexity index is 439. The van der Waals surface area contributed by atoms with Crippen molar-refractivity contribution in [2.75, 3.05) is 58.1 Å². The molecule has 0 atom stereocenters. The van der Waals surface area contributed by atoms with Crippen LogP contribution in [0.4, 0.5) is 0 Å². The fourth-order valence-corrected chi connectivity index (χ4v) is 4.21. The molecule has 208 valence electrons. The summed E-state index contributed by atoms with van der Waals surface area (Å²) in [6.45, 7) is 9.50. The molecule has 0 radical (unpaired) electrons. The third-order valence-corrected chi connectivity index (χ3v) is 6.31. The summed E-state index contributed by atoms with van der Waals surface area (Å²) in [5.74, 6) is 0.266. The molecule has 0 saturated heterocycles. The van der Waals surface area contributed by atoms with Crippen LogP contribution >= 0.6 is 49.6 Å². The molecule has 6 N–H and O–H groups in total. The zero-order chi connectivity index (χ0) is 21.5. The van der Waals surface area contributed by atoms with Gasteiger partial charge in [0.25, 0.3) is 0 Å². The lowest BCUT2D eigenvalue weighted by Crippen LogP contribution is -2.30. The van der Waals surface area contributed by atoms with Crippen LogP contribution in [0.2, 0.25) is 0 Å². The summed E-state index contributed by atoms with van der Waals surface area (Å²) in [4.78, 5) is 0. The molecule has 0 bridgehead atoms. The topological polar surface area (TPSA) is 108 Å². The molecule has 0 heterocycles. The van der Waals surface area contributed by atoms with E-state index in [0.29, 0.717) is 6.54 Å². The molecule has 7 nitrogen and oxygen atoms in total. The summed E-state index contributed by atoms with van der Waals surface area (Å²) in [6.07, 6.45) is 12.0. The molecule has 0 rings (SSSR count). The Labute approximate surface area is 229 Å². The lowest BCUT2D eigenvalue weighted by Gasteiger charge is -2.08. The fourth-order valence-electron chi connectivity index (χ4n) is 3.03. The van der Waals surface area contributed by atoms with E-state index in [9.17, 15) is 8.42 Å². The molecular formula is C21H53Cl4N5O2S. The average Bonchev–Trinajstić information content (AvgIpc) is 2.70. The van der Waals surface area contributed by atoms with Crippen molar-refractivity contribution in [2.45, 2.75) is 77.6 Å². The highest BCUT2D eigenvalue weighted by atomic mass is 35.5. The highest BCUT2D eigenvalue weighted by Crippen LogP contribution is 2.05. The van der Waals surface area contributed by atoms with Gasteiger partial charge in [-0.25, -0.2) is 13.1 Å². The Kier molecular flexibility index (Phi) is 46.7. The maximum absolute atomic E-state index is 11.9. The Hall–Kier alpha value is 0.910. The summed E-state index contributed by atoms with van der Waals surface area (Å²) in [6, 6.07) is 0. The minimum absolute atomic E-state index is 0. The monoisotopic (exact) mass is 579 g/mol. The van der Waals surface area contributed by atoms with E-state index < -0.39 is 10.0 Å². The van der Waals surface area contributed by atoms with Crippen LogP contribution in [-0.2, 0) is 10.0 Å². The van der Waals surface area contributed by atoms with Gasteiger partial charge >= 0.3 is 0 Å². The lowest BCUT2D eigenvalue weighted by molar-refractivity contribution is 0.548. The number of unbranched alkanes of at least 4 members (excludes halogenated alkanes) is 6. The first kappa shape index (κ1) is 43.9. The number of hydrogen-bond acceptors (Lipinski definition) is 6. The predicted octanol–water partition coefficient (Wildman–Crippen LogP) is 3.63. The largest absolute Gasteiger partial charge is 0.330 e. The number of nitrogens with two attached hydrogens (primary N) is 1. The lowest BCUT2D eigenvalue weighted by atomic mass is 10.1. The third-order valence-electron chi connectivity index (χ3n) is 4.84. The molecule has 0 unspecified atom stereocenters. The van der Waals surface area contributed by atoms with Crippen molar-refractivity contribution in [2.24, 2.45) is 5.73 Å². The second-order valence-electron chi connectivity index (χ2n) is 7.79. The summed E-state index contributed by atoms with van der Waals surface area (Å²) < 4.78 is 26.6. The van der Waals surface area contributed by atoms with E-state index in [0.717, 1.165) is 84.3 Å². The number of rotatable bonds is 24. The Morgan fingerprint density at radius 2 is 0.970 bits per heavy atom. The summed E-state index contributed by atoms with van der Waals surface area (Å²) in [5, 5.41) is 10.2. The minimum Gasteiger partial charge on any atom is -0.330 e. The maximum Gasteiger partial charge on any atom is 0.211 e. The second-order valence-corrected chi connectivity index (χ2v) is 9.71.